The topological polar surface area (TPSA) is 129 Å². The number of carbonyl (C=O) groups is 1. The molecule has 0 atom stereocenters. The molecule has 47 heavy (non-hydrogen) atoms. The van der Waals surface area contributed by atoms with Crippen molar-refractivity contribution in [1.29, 1.82) is 0 Å². The number of hydrogen-bond acceptors (Lipinski definition) is 8. The molecule has 2 aromatic carbocycles. The third-order valence-corrected chi connectivity index (χ3v) is 8.89. The van der Waals surface area contributed by atoms with Gasteiger partial charge in [-0.15, -0.1) is 0 Å². The van der Waals surface area contributed by atoms with Gasteiger partial charge in [0.25, 0.3) is 0 Å². The average molecular weight is 646 g/mol. The smallest absolute Gasteiger partial charge is 0.335 e. The molecule has 0 spiro atoms. The van der Waals surface area contributed by atoms with Crippen LogP contribution in [0.1, 0.15) is 63.4 Å². The van der Waals surface area contributed by atoms with Crippen LogP contribution in [0.15, 0.2) is 70.2 Å². The molecule has 0 radical (unpaired) electrons. The molecule has 3 heterocycles. The van der Waals surface area contributed by atoms with Crippen LogP contribution in [-0.2, 0) is 23.2 Å². The summed E-state index contributed by atoms with van der Waals surface area (Å²) >= 11 is 0. The van der Waals surface area contributed by atoms with Crippen molar-refractivity contribution >= 4 is 28.8 Å². The molecule has 11 nitrogen and oxygen atoms in total. The minimum absolute atomic E-state index is 0.0367. The average Bonchev–Trinajstić information content (AvgIpc) is 3.62. The minimum atomic E-state index is -2.64. The van der Waals surface area contributed by atoms with E-state index in [-0.39, 0.29) is 48.7 Å². The fraction of sp³-hybridized carbons (Fsp3) is 0.382. The number of imidazole rings is 1. The lowest BCUT2D eigenvalue weighted by molar-refractivity contribution is -0.129. The maximum absolute atomic E-state index is 13.8. The van der Waals surface area contributed by atoms with Crippen LogP contribution in [0.2, 0.25) is 0 Å². The van der Waals surface area contributed by atoms with Crippen LogP contribution in [0.25, 0.3) is 16.9 Å². The number of hydrogen-bond donors (Lipinski definition) is 2. The van der Waals surface area contributed by atoms with Crippen molar-refractivity contribution in [3.05, 3.63) is 88.2 Å². The van der Waals surface area contributed by atoms with Crippen LogP contribution >= 0.6 is 0 Å². The number of anilines is 2. The molecular formula is C34H37F2N7O4. The van der Waals surface area contributed by atoms with Gasteiger partial charge in [-0.1, -0.05) is 43.3 Å². The molecule has 0 unspecified atom stereocenters. The van der Waals surface area contributed by atoms with E-state index in [1.165, 1.54) is 6.33 Å². The van der Waals surface area contributed by atoms with E-state index in [1.807, 2.05) is 52.0 Å². The molecule has 1 aliphatic rings. The number of nitrogens with one attached hydrogen (secondary N) is 2. The maximum atomic E-state index is 13.8. The highest BCUT2D eigenvalue weighted by atomic mass is 19.3. The summed E-state index contributed by atoms with van der Waals surface area (Å²) in [5.41, 5.74) is 2.99. The monoisotopic (exact) mass is 645 g/mol. The Bertz CT molecular complexity index is 1950. The summed E-state index contributed by atoms with van der Waals surface area (Å²) in [7, 11) is 1.62. The molecule has 0 bridgehead atoms. The maximum Gasteiger partial charge on any atom is 0.335 e. The zero-order valence-corrected chi connectivity index (χ0v) is 26.9. The van der Waals surface area contributed by atoms with Crippen LogP contribution in [0.5, 0.6) is 5.75 Å². The van der Waals surface area contributed by atoms with Gasteiger partial charge < -0.3 is 14.6 Å². The number of ether oxygens (including phenoxy) is 1. The predicted molar refractivity (Wildman–Crippen MR) is 173 cm³/mol. The van der Waals surface area contributed by atoms with Crippen molar-refractivity contribution in [2.45, 2.75) is 70.9 Å². The molecule has 0 saturated heterocycles. The van der Waals surface area contributed by atoms with E-state index in [0.29, 0.717) is 40.5 Å². The first-order valence-electron chi connectivity index (χ1n) is 15.5. The largest absolute Gasteiger partial charge is 0.497 e. The molecule has 0 aliphatic heterocycles. The Morgan fingerprint density at radius 1 is 1.09 bits per heavy atom. The lowest BCUT2D eigenvalue weighted by atomic mass is 9.64. The molecule has 1 aliphatic carbocycles. The second-order valence-corrected chi connectivity index (χ2v) is 12.8. The number of methoxy groups -OCH3 is 1. The SMILES string of the molecule is COc1ccc(CNc2ncnc3c2n(-c2ccc(CC(=O)Nc4cc(C(C)(C)C5CC(F)(F)C5)no4)cc2)c(=O)n3C(C)C)cc1. The molecule has 5 aromatic rings. The van der Waals surface area contributed by atoms with Crippen molar-refractivity contribution in [3.63, 3.8) is 0 Å². The van der Waals surface area contributed by atoms with Crippen molar-refractivity contribution in [1.82, 2.24) is 24.3 Å². The first-order chi connectivity index (χ1) is 22.4. The number of amides is 1. The Balaban J connectivity index is 1.19. The number of fused-ring (bicyclic) bond motifs is 1. The highest BCUT2D eigenvalue weighted by Crippen LogP contribution is 2.51. The van der Waals surface area contributed by atoms with Crippen molar-refractivity contribution < 1.29 is 22.8 Å². The molecule has 246 valence electrons. The van der Waals surface area contributed by atoms with E-state index in [4.69, 9.17) is 9.26 Å². The standard InChI is InChI=1S/C34H37F2N7O4/c1-20(2)42-31-29(30(38-19-39-31)37-18-22-8-12-25(46-5)13-9-22)43(32(42)45)24-10-6-21(7-11-24)14-27(44)40-28-15-26(41-47-28)33(3,4)23-16-34(35,36)17-23/h6-13,15,19-20,23H,14,16-18H2,1-5H3,(H,40,44)(H,37,38,39). The van der Waals surface area contributed by atoms with E-state index < -0.39 is 11.3 Å². The first-order valence-corrected chi connectivity index (χ1v) is 15.5. The van der Waals surface area contributed by atoms with Crippen molar-refractivity contribution in [2.75, 3.05) is 17.7 Å². The molecule has 1 amide bonds. The fourth-order valence-corrected chi connectivity index (χ4v) is 5.96. The molecule has 2 N–H and O–H groups in total. The molecule has 1 fully saturated rings. The molecule has 3 aromatic heterocycles. The number of alkyl halides is 2. The normalized spacial score (nSPS) is 14.7. The van der Waals surface area contributed by atoms with E-state index >= 15 is 0 Å². The highest BCUT2D eigenvalue weighted by Gasteiger charge is 2.52. The van der Waals surface area contributed by atoms with Crippen LogP contribution in [0.4, 0.5) is 20.5 Å². The fourth-order valence-electron chi connectivity index (χ4n) is 5.96. The Kier molecular flexibility index (Phi) is 8.33. The van der Waals surface area contributed by atoms with Gasteiger partial charge in [0.2, 0.25) is 17.7 Å². The lowest BCUT2D eigenvalue weighted by Gasteiger charge is -2.44. The Morgan fingerprint density at radius 3 is 2.40 bits per heavy atom. The quantitative estimate of drug-likeness (QED) is 0.172. The molecule has 13 heteroatoms. The Labute approximate surface area is 270 Å². The van der Waals surface area contributed by atoms with Crippen LogP contribution in [0.3, 0.4) is 0 Å². The number of benzene rings is 2. The zero-order chi connectivity index (χ0) is 33.5. The summed E-state index contributed by atoms with van der Waals surface area (Å²) in [6.45, 7) is 8.02. The van der Waals surface area contributed by atoms with E-state index in [1.54, 1.807) is 46.6 Å². The van der Waals surface area contributed by atoms with E-state index in [9.17, 15) is 18.4 Å². The summed E-state index contributed by atoms with van der Waals surface area (Å²) in [5.74, 6) is -1.77. The second kappa shape index (κ2) is 12.3. The predicted octanol–water partition coefficient (Wildman–Crippen LogP) is 6.28. The van der Waals surface area contributed by atoms with Crippen LogP contribution in [-0.4, -0.2) is 43.2 Å². The first kappa shape index (κ1) is 31.9. The second-order valence-electron chi connectivity index (χ2n) is 12.8. The Hall–Kier alpha value is -5.07. The number of halogens is 2. The summed E-state index contributed by atoms with van der Waals surface area (Å²) in [5, 5.41) is 10.1. The van der Waals surface area contributed by atoms with Crippen LogP contribution < -0.4 is 21.1 Å². The Morgan fingerprint density at radius 2 is 1.77 bits per heavy atom. The number of rotatable bonds is 11. The van der Waals surface area contributed by atoms with Crippen LogP contribution in [0, 0.1) is 5.92 Å². The van der Waals surface area contributed by atoms with Gasteiger partial charge in [-0.2, -0.15) is 0 Å². The van der Waals surface area contributed by atoms with Gasteiger partial charge in [0.15, 0.2) is 11.5 Å². The van der Waals surface area contributed by atoms with Crippen molar-refractivity contribution in [3.8, 4) is 11.4 Å². The van der Waals surface area contributed by atoms with Gasteiger partial charge in [0.1, 0.15) is 17.6 Å². The minimum Gasteiger partial charge on any atom is -0.497 e. The zero-order valence-electron chi connectivity index (χ0n) is 26.9. The molecule has 6 rings (SSSR count). The number of aromatic nitrogens is 5. The van der Waals surface area contributed by atoms with Gasteiger partial charge in [-0.25, -0.2) is 23.5 Å². The molecular weight excluding hydrogens is 608 g/mol. The molecule has 1 saturated carbocycles. The number of carbonyl (C=O) groups excluding carboxylic acids is 1. The third-order valence-electron chi connectivity index (χ3n) is 8.89. The van der Waals surface area contributed by atoms with Gasteiger partial charge in [-0.3, -0.25) is 19.2 Å². The van der Waals surface area contributed by atoms with Gasteiger partial charge in [0.05, 0.1) is 24.9 Å². The summed E-state index contributed by atoms with van der Waals surface area (Å²) in [4.78, 5) is 35.6. The summed E-state index contributed by atoms with van der Waals surface area (Å²) < 4.78 is 40.7. The number of nitrogens with zero attached hydrogens (tertiary/aromatic N) is 5. The van der Waals surface area contributed by atoms with Gasteiger partial charge in [-0.05, 0) is 55.2 Å². The van der Waals surface area contributed by atoms with Crippen molar-refractivity contribution in [2.24, 2.45) is 5.92 Å². The van der Waals surface area contributed by atoms with Gasteiger partial charge >= 0.3 is 5.69 Å². The lowest BCUT2D eigenvalue weighted by Crippen LogP contribution is -2.45. The summed E-state index contributed by atoms with van der Waals surface area (Å²) in [6.07, 6.45) is 1.09. The van der Waals surface area contributed by atoms with Gasteiger partial charge in [0, 0.05) is 36.9 Å². The highest BCUT2D eigenvalue weighted by molar-refractivity contribution is 5.91. The van der Waals surface area contributed by atoms with E-state index in [2.05, 4.69) is 25.8 Å². The third kappa shape index (κ3) is 6.34. The summed E-state index contributed by atoms with van der Waals surface area (Å²) in [6, 6.07) is 16.2. The van der Waals surface area contributed by atoms with E-state index in [0.717, 1.165) is 11.3 Å².